The molecule has 0 aromatic carbocycles. The van der Waals surface area contributed by atoms with E-state index in [1.807, 2.05) is 6.92 Å². The van der Waals surface area contributed by atoms with Gasteiger partial charge in [0, 0.05) is 25.7 Å². The summed E-state index contributed by atoms with van der Waals surface area (Å²) in [4.78, 5) is 22.3. The highest BCUT2D eigenvalue weighted by Crippen LogP contribution is 2.08. The Balaban J connectivity index is 3.40. The van der Waals surface area contributed by atoms with Crippen molar-refractivity contribution in [2.75, 3.05) is 0 Å². The third-order valence-electron chi connectivity index (χ3n) is 2.31. The summed E-state index contributed by atoms with van der Waals surface area (Å²) in [5.41, 5.74) is 0. The Morgan fingerprint density at radius 2 is 1.57 bits per heavy atom. The van der Waals surface area contributed by atoms with E-state index in [0.29, 0.717) is 37.4 Å². The lowest BCUT2D eigenvalue weighted by Gasteiger charge is -2.03. The maximum atomic E-state index is 11.3. The number of Topliss-reactive ketones (excluding diaryl/α,β-unsaturated/α-hetero) is 2. The van der Waals surface area contributed by atoms with E-state index in [1.54, 1.807) is 0 Å². The molecule has 0 rings (SSSR count). The standard InChI is InChI=1S/C12H22O2/c1-4-11(13)6-5-7-12(14)9-8-10(2)3/h10H,4-9H2,1-3H3. The molecule has 0 aromatic rings. The van der Waals surface area contributed by atoms with Crippen molar-refractivity contribution < 1.29 is 9.59 Å². The van der Waals surface area contributed by atoms with E-state index >= 15 is 0 Å². The minimum absolute atomic E-state index is 0.265. The number of carbonyl (C=O) groups is 2. The summed E-state index contributed by atoms with van der Waals surface area (Å²) in [6.45, 7) is 6.10. The molecule has 2 nitrogen and oxygen atoms in total. The molecule has 0 spiro atoms. The predicted molar refractivity (Wildman–Crippen MR) is 58.2 cm³/mol. The molecular formula is C12H22O2. The van der Waals surface area contributed by atoms with Crippen LogP contribution >= 0.6 is 0 Å². The van der Waals surface area contributed by atoms with E-state index in [9.17, 15) is 9.59 Å². The van der Waals surface area contributed by atoms with Crippen molar-refractivity contribution >= 4 is 11.6 Å². The number of carbonyl (C=O) groups excluding carboxylic acids is 2. The monoisotopic (exact) mass is 198 g/mol. The highest BCUT2D eigenvalue weighted by molar-refractivity contribution is 5.81. The molecule has 0 atom stereocenters. The molecule has 14 heavy (non-hydrogen) atoms. The Bertz CT molecular complexity index is 183. The van der Waals surface area contributed by atoms with Crippen LogP contribution in [0.2, 0.25) is 0 Å². The molecule has 0 radical (unpaired) electrons. The van der Waals surface area contributed by atoms with E-state index in [2.05, 4.69) is 13.8 Å². The van der Waals surface area contributed by atoms with Crippen LogP contribution in [-0.4, -0.2) is 11.6 Å². The summed E-state index contributed by atoms with van der Waals surface area (Å²) in [6, 6.07) is 0. The summed E-state index contributed by atoms with van der Waals surface area (Å²) in [6.07, 6.45) is 4.14. The zero-order chi connectivity index (χ0) is 11.0. The fraction of sp³-hybridized carbons (Fsp3) is 0.833. The molecule has 0 aliphatic heterocycles. The van der Waals surface area contributed by atoms with E-state index in [1.165, 1.54) is 0 Å². The lowest BCUT2D eigenvalue weighted by Crippen LogP contribution is -2.02. The topological polar surface area (TPSA) is 34.1 Å². The number of hydrogen-bond donors (Lipinski definition) is 0. The summed E-state index contributed by atoms with van der Waals surface area (Å²) in [5.74, 6) is 1.17. The van der Waals surface area contributed by atoms with Gasteiger partial charge in [0.15, 0.2) is 0 Å². The maximum absolute atomic E-state index is 11.3. The van der Waals surface area contributed by atoms with Crippen LogP contribution in [0.25, 0.3) is 0 Å². The van der Waals surface area contributed by atoms with E-state index in [-0.39, 0.29) is 5.78 Å². The fourth-order valence-corrected chi connectivity index (χ4v) is 1.23. The van der Waals surface area contributed by atoms with Crippen molar-refractivity contribution in [2.45, 2.75) is 59.3 Å². The molecule has 0 aliphatic rings. The van der Waals surface area contributed by atoms with Gasteiger partial charge in [-0.15, -0.1) is 0 Å². The Morgan fingerprint density at radius 1 is 1.00 bits per heavy atom. The van der Waals surface area contributed by atoms with Crippen molar-refractivity contribution in [2.24, 2.45) is 5.92 Å². The van der Waals surface area contributed by atoms with Crippen LogP contribution < -0.4 is 0 Å². The Hall–Kier alpha value is -0.660. The zero-order valence-electron chi connectivity index (χ0n) is 9.64. The molecule has 0 saturated heterocycles. The Kier molecular flexibility index (Phi) is 7.35. The number of ketones is 2. The second kappa shape index (κ2) is 7.72. The van der Waals surface area contributed by atoms with Crippen LogP contribution in [0.5, 0.6) is 0 Å². The van der Waals surface area contributed by atoms with Gasteiger partial charge in [0.25, 0.3) is 0 Å². The molecule has 0 bridgehead atoms. The minimum Gasteiger partial charge on any atom is -0.300 e. The molecule has 0 amide bonds. The van der Waals surface area contributed by atoms with Crippen LogP contribution in [0.3, 0.4) is 0 Å². The predicted octanol–water partition coefficient (Wildman–Crippen LogP) is 3.14. The van der Waals surface area contributed by atoms with Crippen molar-refractivity contribution in [3.05, 3.63) is 0 Å². The van der Waals surface area contributed by atoms with Crippen LogP contribution in [0.15, 0.2) is 0 Å². The Labute approximate surface area is 87.1 Å². The first-order valence-corrected chi connectivity index (χ1v) is 5.59. The van der Waals surface area contributed by atoms with Crippen molar-refractivity contribution in [1.82, 2.24) is 0 Å². The summed E-state index contributed by atoms with van der Waals surface area (Å²) in [5, 5.41) is 0. The van der Waals surface area contributed by atoms with E-state index in [0.717, 1.165) is 12.8 Å². The van der Waals surface area contributed by atoms with Gasteiger partial charge in [-0.1, -0.05) is 20.8 Å². The van der Waals surface area contributed by atoms with E-state index < -0.39 is 0 Å². The maximum Gasteiger partial charge on any atom is 0.132 e. The fourth-order valence-electron chi connectivity index (χ4n) is 1.23. The van der Waals surface area contributed by atoms with E-state index in [4.69, 9.17) is 0 Å². The van der Waals surface area contributed by atoms with Crippen LogP contribution in [-0.2, 0) is 9.59 Å². The van der Waals surface area contributed by atoms with Gasteiger partial charge in [-0.05, 0) is 18.8 Å². The molecular weight excluding hydrogens is 176 g/mol. The molecule has 0 unspecified atom stereocenters. The first kappa shape index (κ1) is 13.3. The number of rotatable bonds is 8. The normalized spacial score (nSPS) is 10.6. The van der Waals surface area contributed by atoms with Crippen molar-refractivity contribution in [3.8, 4) is 0 Å². The second-order valence-electron chi connectivity index (χ2n) is 4.22. The summed E-state index contributed by atoms with van der Waals surface area (Å²) in [7, 11) is 0. The van der Waals surface area contributed by atoms with Crippen LogP contribution in [0, 0.1) is 5.92 Å². The van der Waals surface area contributed by atoms with Gasteiger partial charge in [0.05, 0.1) is 0 Å². The average molecular weight is 198 g/mol. The summed E-state index contributed by atoms with van der Waals surface area (Å²) >= 11 is 0. The largest absolute Gasteiger partial charge is 0.300 e. The van der Waals surface area contributed by atoms with Crippen molar-refractivity contribution in [3.63, 3.8) is 0 Å². The van der Waals surface area contributed by atoms with Gasteiger partial charge in [-0.3, -0.25) is 9.59 Å². The van der Waals surface area contributed by atoms with Crippen LogP contribution in [0.4, 0.5) is 0 Å². The molecule has 0 saturated carbocycles. The smallest absolute Gasteiger partial charge is 0.132 e. The first-order valence-electron chi connectivity index (χ1n) is 5.59. The minimum atomic E-state index is 0.265. The molecule has 2 heteroatoms. The van der Waals surface area contributed by atoms with Crippen molar-refractivity contribution in [1.29, 1.82) is 0 Å². The van der Waals surface area contributed by atoms with Crippen LogP contribution in [0.1, 0.15) is 59.3 Å². The highest BCUT2D eigenvalue weighted by atomic mass is 16.1. The third kappa shape index (κ3) is 7.96. The van der Waals surface area contributed by atoms with Gasteiger partial charge in [0.1, 0.15) is 11.6 Å². The lowest BCUT2D eigenvalue weighted by molar-refractivity contribution is -0.120. The average Bonchev–Trinajstić information content (AvgIpc) is 2.14. The van der Waals surface area contributed by atoms with Gasteiger partial charge in [0.2, 0.25) is 0 Å². The zero-order valence-corrected chi connectivity index (χ0v) is 9.64. The highest BCUT2D eigenvalue weighted by Gasteiger charge is 2.05. The first-order chi connectivity index (χ1) is 6.56. The van der Waals surface area contributed by atoms with Gasteiger partial charge >= 0.3 is 0 Å². The molecule has 0 heterocycles. The second-order valence-corrected chi connectivity index (χ2v) is 4.22. The number of hydrogen-bond acceptors (Lipinski definition) is 2. The molecule has 0 N–H and O–H groups in total. The molecule has 82 valence electrons. The lowest BCUT2D eigenvalue weighted by atomic mass is 10.0. The van der Waals surface area contributed by atoms with Gasteiger partial charge < -0.3 is 0 Å². The summed E-state index contributed by atoms with van der Waals surface area (Å²) < 4.78 is 0. The van der Waals surface area contributed by atoms with Gasteiger partial charge in [-0.25, -0.2) is 0 Å². The molecule has 0 aliphatic carbocycles. The third-order valence-corrected chi connectivity index (χ3v) is 2.31. The molecule has 0 fully saturated rings. The molecule has 0 aromatic heterocycles. The SMILES string of the molecule is CCC(=O)CCCC(=O)CCC(C)C. The van der Waals surface area contributed by atoms with Gasteiger partial charge in [-0.2, -0.15) is 0 Å². The quantitative estimate of drug-likeness (QED) is 0.600. The Morgan fingerprint density at radius 3 is 2.07 bits per heavy atom.